The Labute approximate surface area is 50.7 Å². The van der Waals surface area contributed by atoms with Crippen molar-refractivity contribution >= 4 is 0 Å². The monoisotopic (exact) mass is 112 g/mol. The molecule has 1 nitrogen and oxygen atoms in total. The molecule has 0 radical (unpaired) electrons. The first kappa shape index (κ1) is 4.80. The minimum Gasteiger partial charge on any atom is -0.335 e. The van der Waals surface area contributed by atoms with E-state index in [9.17, 15) is 0 Å². The van der Waals surface area contributed by atoms with Crippen molar-refractivity contribution in [2.24, 2.45) is 5.92 Å². The molecule has 0 amide bonds. The van der Waals surface area contributed by atoms with Crippen molar-refractivity contribution in [3.05, 3.63) is 0 Å². The van der Waals surface area contributed by atoms with Gasteiger partial charge in [0.15, 0.2) is 0 Å². The molecule has 0 aromatic rings. The summed E-state index contributed by atoms with van der Waals surface area (Å²) in [6, 6.07) is 0. The summed E-state index contributed by atoms with van der Waals surface area (Å²) in [5.74, 6) is 1.12. The molecule has 1 N–H and O–H groups in total. The van der Waals surface area contributed by atoms with Crippen LogP contribution in [0.15, 0.2) is 0 Å². The molecule has 2 aliphatic rings. The van der Waals surface area contributed by atoms with Crippen LogP contribution in [0.3, 0.4) is 0 Å². The molecule has 0 saturated carbocycles. The molecular weight excluding hydrogens is 98.1 g/mol. The zero-order valence-electron chi connectivity index (χ0n) is 5.32. The summed E-state index contributed by atoms with van der Waals surface area (Å²) in [6.45, 7) is 4.45. The van der Waals surface area contributed by atoms with Crippen molar-refractivity contribution in [3.8, 4) is 0 Å². The second kappa shape index (κ2) is 1.73. The van der Waals surface area contributed by atoms with E-state index in [0.29, 0.717) is 0 Å². The van der Waals surface area contributed by atoms with E-state index in [1.54, 1.807) is 0 Å². The fraction of sp³-hybridized carbons (Fsp3) is 1.00. The van der Waals surface area contributed by atoms with Crippen LogP contribution in [0.25, 0.3) is 0 Å². The van der Waals surface area contributed by atoms with Gasteiger partial charge in [0.25, 0.3) is 0 Å². The molecule has 2 atom stereocenters. The predicted molar refractivity (Wildman–Crippen MR) is 32.9 cm³/mol. The maximum Gasteiger partial charge on any atom is 0.0801 e. The fourth-order valence-corrected chi connectivity index (χ4v) is 2.13. The van der Waals surface area contributed by atoms with E-state index in [2.05, 4.69) is 0 Å². The molecular formula is C7H14N+. The van der Waals surface area contributed by atoms with Crippen LogP contribution in [-0.4, -0.2) is 19.6 Å². The van der Waals surface area contributed by atoms with Crippen LogP contribution in [0.2, 0.25) is 0 Å². The fourth-order valence-electron chi connectivity index (χ4n) is 2.13. The van der Waals surface area contributed by atoms with Gasteiger partial charge in [0.05, 0.1) is 19.6 Å². The third-order valence-corrected chi connectivity index (χ3v) is 2.63. The number of nitrogens with one attached hydrogen (secondary N) is 1. The first-order chi connectivity index (χ1) is 3.95. The number of fused-ring (bicyclic) bond motifs is 2. The average molecular weight is 112 g/mol. The quantitative estimate of drug-likeness (QED) is 0.438. The Balaban J connectivity index is 2.03. The third-order valence-electron chi connectivity index (χ3n) is 2.63. The first-order valence-electron chi connectivity index (χ1n) is 3.79. The summed E-state index contributed by atoms with van der Waals surface area (Å²) < 4.78 is 0. The molecule has 46 valence electrons. The molecule has 2 bridgehead atoms. The van der Waals surface area contributed by atoms with E-state index < -0.39 is 0 Å². The average Bonchev–Trinajstić information content (AvgIpc) is 2.12. The SMILES string of the molecule is C1CC2CC[NH+](C1)C2. The van der Waals surface area contributed by atoms with Gasteiger partial charge in [0.1, 0.15) is 0 Å². The van der Waals surface area contributed by atoms with E-state index >= 15 is 0 Å². The van der Waals surface area contributed by atoms with Crippen molar-refractivity contribution in [2.45, 2.75) is 19.3 Å². The van der Waals surface area contributed by atoms with Crippen molar-refractivity contribution in [1.29, 1.82) is 0 Å². The van der Waals surface area contributed by atoms with Crippen LogP contribution in [0.5, 0.6) is 0 Å². The summed E-state index contributed by atoms with van der Waals surface area (Å²) in [5, 5.41) is 0. The van der Waals surface area contributed by atoms with E-state index in [0.717, 1.165) is 5.92 Å². The summed E-state index contributed by atoms with van der Waals surface area (Å²) >= 11 is 0. The van der Waals surface area contributed by atoms with Crippen LogP contribution in [-0.2, 0) is 0 Å². The summed E-state index contributed by atoms with van der Waals surface area (Å²) in [7, 11) is 0. The largest absolute Gasteiger partial charge is 0.335 e. The van der Waals surface area contributed by atoms with E-state index in [4.69, 9.17) is 0 Å². The lowest BCUT2D eigenvalue weighted by Gasteiger charge is -2.17. The van der Waals surface area contributed by atoms with E-state index in [1.165, 1.54) is 38.9 Å². The second-order valence-corrected chi connectivity index (χ2v) is 3.25. The Morgan fingerprint density at radius 2 is 2.12 bits per heavy atom. The summed E-state index contributed by atoms with van der Waals surface area (Å²) in [5.41, 5.74) is 0. The topological polar surface area (TPSA) is 4.44 Å². The standard InChI is InChI=1S/C7H13N/c1-2-7-3-5-8(4-1)6-7/h7H,1-6H2/p+1. The molecule has 8 heavy (non-hydrogen) atoms. The van der Waals surface area contributed by atoms with Crippen LogP contribution in [0, 0.1) is 5.92 Å². The predicted octanol–water partition coefficient (Wildman–Crippen LogP) is -0.315. The van der Waals surface area contributed by atoms with E-state index in [1.807, 2.05) is 4.90 Å². The van der Waals surface area contributed by atoms with Gasteiger partial charge in [-0.3, -0.25) is 0 Å². The minimum absolute atomic E-state index is 1.12. The molecule has 0 aliphatic carbocycles. The van der Waals surface area contributed by atoms with Crippen LogP contribution >= 0.6 is 0 Å². The third kappa shape index (κ3) is 0.655. The molecule has 0 aromatic carbocycles. The van der Waals surface area contributed by atoms with Crippen LogP contribution in [0.1, 0.15) is 19.3 Å². The van der Waals surface area contributed by atoms with Gasteiger partial charge in [0.2, 0.25) is 0 Å². The van der Waals surface area contributed by atoms with Crippen molar-refractivity contribution in [3.63, 3.8) is 0 Å². The van der Waals surface area contributed by atoms with Gasteiger partial charge in [-0.2, -0.15) is 0 Å². The van der Waals surface area contributed by atoms with Crippen molar-refractivity contribution in [2.75, 3.05) is 19.6 Å². The molecule has 2 fully saturated rings. The lowest BCUT2D eigenvalue weighted by molar-refractivity contribution is -0.892. The molecule has 0 aromatic heterocycles. The van der Waals surface area contributed by atoms with Gasteiger partial charge in [-0.1, -0.05) is 0 Å². The van der Waals surface area contributed by atoms with Crippen molar-refractivity contribution in [1.82, 2.24) is 0 Å². The maximum absolute atomic E-state index is 1.88. The number of quaternary nitrogens is 1. The normalized spacial score (nSPS) is 45.0. The molecule has 0 spiro atoms. The van der Waals surface area contributed by atoms with Crippen LogP contribution < -0.4 is 4.90 Å². The van der Waals surface area contributed by atoms with Crippen LogP contribution in [0.4, 0.5) is 0 Å². The molecule has 1 heteroatoms. The molecule has 2 rings (SSSR count). The lowest BCUT2D eigenvalue weighted by atomic mass is 10.0. The number of rotatable bonds is 0. The Morgan fingerprint density at radius 3 is 2.88 bits per heavy atom. The number of hydrogen-bond donors (Lipinski definition) is 1. The van der Waals surface area contributed by atoms with Gasteiger partial charge in [-0.25, -0.2) is 0 Å². The Morgan fingerprint density at radius 1 is 1.12 bits per heavy atom. The highest BCUT2D eigenvalue weighted by atomic mass is 15.1. The summed E-state index contributed by atoms with van der Waals surface area (Å²) in [4.78, 5) is 1.88. The lowest BCUT2D eigenvalue weighted by Crippen LogP contribution is -3.10. The zero-order valence-corrected chi connectivity index (χ0v) is 5.32. The van der Waals surface area contributed by atoms with Gasteiger partial charge in [0, 0.05) is 12.3 Å². The van der Waals surface area contributed by atoms with Crippen molar-refractivity contribution < 1.29 is 4.90 Å². The second-order valence-electron chi connectivity index (χ2n) is 3.25. The summed E-state index contributed by atoms with van der Waals surface area (Å²) in [6.07, 6.45) is 4.55. The highest BCUT2D eigenvalue weighted by Gasteiger charge is 2.29. The zero-order chi connectivity index (χ0) is 5.40. The molecule has 2 aliphatic heterocycles. The van der Waals surface area contributed by atoms with Gasteiger partial charge < -0.3 is 4.90 Å². The number of hydrogen-bond acceptors (Lipinski definition) is 0. The molecule has 2 heterocycles. The minimum atomic E-state index is 1.12. The Bertz CT molecular complexity index is 76.4. The van der Waals surface area contributed by atoms with Gasteiger partial charge in [-0.05, 0) is 12.8 Å². The van der Waals surface area contributed by atoms with Gasteiger partial charge in [-0.15, -0.1) is 0 Å². The highest BCUT2D eigenvalue weighted by molar-refractivity contribution is 4.66. The highest BCUT2D eigenvalue weighted by Crippen LogP contribution is 2.14. The molecule has 2 unspecified atom stereocenters. The number of piperidine rings is 1. The first-order valence-corrected chi connectivity index (χ1v) is 3.79. The maximum atomic E-state index is 1.88. The smallest absolute Gasteiger partial charge is 0.0801 e. The van der Waals surface area contributed by atoms with Gasteiger partial charge >= 0.3 is 0 Å². The van der Waals surface area contributed by atoms with E-state index in [-0.39, 0.29) is 0 Å². The molecule has 2 saturated heterocycles. The Kier molecular flexibility index (Phi) is 1.04. The Hall–Kier alpha value is -0.0400.